The summed E-state index contributed by atoms with van der Waals surface area (Å²) in [5, 5.41) is 22.5. The van der Waals surface area contributed by atoms with Crippen LogP contribution < -0.4 is 11.0 Å². The van der Waals surface area contributed by atoms with Crippen molar-refractivity contribution in [1.82, 2.24) is 30.0 Å². The van der Waals surface area contributed by atoms with Gasteiger partial charge in [0.25, 0.3) is 0 Å². The van der Waals surface area contributed by atoms with Crippen LogP contribution in [0.4, 0.5) is 4.39 Å². The van der Waals surface area contributed by atoms with Gasteiger partial charge >= 0.3 is 5.69 Å². The molecule has 0 spiro atoms. The molecule has 2 bridgehead atoms. The van der Waals surface area contributed by atoms with Gasteiger partial charge in [0.2, 0.25) is 0 Å². The summed E-state index contributed by atoms with van der Waals surface area (Å²) >= 11 is 0. The van der Waals surface area contributed by atoms with Crippen molar-refractivity contribution in [3.05, 3.63) is 59.4 Å². The van der Waals surface area contributed by atoms with Crippen LogP contribution in [0.1, 0.15) is 31.4 Å². The Morgan fingerprint density at radius 2 is 2.09 bits per heavy atom. The highest BCUT2D eigenvalue weighted by molar-refractivity contribution is 5.72. The smallest absolute Gasteiger partial charge is 0.350 e. The number of aromatic hydroxyl groups is 1. The van der Waals surface area contributed by atoms with Crippen molar-refractivity contribution >= 4 is 5.57 Å². The minimum Gasteiger partial charge on any atom is -0.507 e. The summed E-state index contributed by atoms with van der Waals surface area (Å²) in [6.07, 6.45) is 4.09. The van der Waals surface area contributed by atoms with Gasteiger partial charge in [-0.1, -0.05) is 19.1 Å². The van der Waals surface area contributed by atoms with E-state index in [0.29, 0.717) is 40.6 Å². The third kappa shape index (κ3) is 4.04. The topological polar surface area (TPSA) is 106 Å². The SMILES string of the molecule is C=C(c1ccc(-c2ccc(-c3ncn(C)c(=O)n3)cc2O)nn1)[C@@H]1CC2CCCC(N2)[C@@H]1F. The van der Waals surface area contributed by atoms with E-state index in [-0.39, 0.29) is 23.5 Å². The summed E-state index contributed by atoms with van der Waals surface area (Å²) < 4.78 is 16.3. The molecule has 5 rings (SSSR count). The molecule has 2 N–H and O–H groups in total. The van der Waals surface area contributed by atoms with Crippen LogP contribution in [0.2, 0.25) is 0 Å². The highest BCUT2D eigenvalue weighted by Gasteiger charge is 2.41. The fourth-order valence-electron chi connectivity index (χ4n) is 4.79. The molecular weight excluding hydrogens is 423 g/mol. The molecule has 0 amide bonds. The van der Waals surface area contributed by atoms with E-state index < -0.39 is 11.9 Å². The number of alkyl halides is 1. The number of aromatic nitrogens is 5. The van der Waals surface area contributed by atoms with Gasteiger partial charge in [-0.05, 0) is 49.1 Å². The number of hydrogen-bond donors (Lipinski definition) is 2. The van der Waals surface area contributed by atoms with Crippen molar-refractivity contribution in [3.63, 3.8) is 0 Å². The molecule has 1 aromatic carbocycles. The third-order valence-electron chi connectivity index (χ3n) is 6.65. The molecule has 33 heavy (non-hydrogen) atoms. The Bertz CT molecular complexity index is 1260. The zero-order valence-electron chi connectivity index (χ0n) is 18.3. The van der Waals surface area contributed by atoms with E-state index in [0.717, 1.165) is 19.3 Å². The molecule has 0 aliphatic carbocycles. The van der Waals surface area contributed by atoms with E-state index in [1.807, 2.05) is 0 Å². The Kier molecular flexibility index (Phi) is 5.49. The molecule has 4 heterocycles. The lowest BCUT2D eigenvalue weighted by molar-refractivity contribution is 0.0982. The van der Waals surface area contributed by atoms with Gasteiger partial charge in [-0.2, -0.15) is 10.1 Å². The minimum absolute atomic E-state index is 0.0346. The summed E-state index contributed by atoms with van der Waals surface area (Å²) in [7, 11) is 1.56. The quantitative estimate of drug-likeness (QED) is 0.632. The number of hydrogen-bond acceptors (Lipinski definition) is 7. The largest absolute Gasteiger partial charge is 0.507 e. The van der Waals surface area contributed by atoms with E-state index in [4.69, 9.17) is 0 Å². The number of piperidine rings is 2. The van der Waals surface area contributed by atoms with Crippen molar-refractivity contribution in [2.75, 3.05) is 0 Å². The summed E-state index contributed by atoms with van der Waals surface area (Å²) in [4.78, 5) is 19.8. The molecule has 4 atom stereocenters. The molecule has 2 fully saturated rings. The summed E-state index contributed by atoms with van der Waals surface area (Å²) in [5.41, 5.74) is 2.26. The zero-order chi connectivity index (χ0) is 23.1. The van der Waals surface area contributed by atoms with Gasteiger partial charge in [0.15, 0.2) is 5.82 Å². The van der Waals surface area contributed by atoms with E-state index in [1.165, 1.54) is 17.0 Å². The number of nitrogens with one attached hydrogen (secondary N) is 1. The van der Waals surface area contributed by atoms with Crippen LogP contribution in [0.15, 0.2) is 48.0 Å². The highest BCUT2D eigenvalue weighted by atomic mass is 19.1. The predicted octanol–water partition coefficient (Wildman–Crippen LogP) is 2.89. The van der Waals surface area contributed by atoms with Crippen LogP contribution in [0.5, 0.6) is 5.75 Å². The lowest BCUT2D eigenvalue weighted by Crippen LogP contribution is -2.55. The molecule has 8 nitrogen and oxygen atoms in total. The summed E-state index contributed by atoms with van der Waals surface area (Å²) in [5.74, 6) is -0.0779. The van der Waals surface area contributed by atoms with Gasteiger partial charge in [0.05, 0.1) is 11.4 Å². The maximum atomic E-state index is 15.0. The number of aryl methyl sites for hydroxylation is 1. The highest BCUT2D eigenvalue weighted by Crippen LogP contribution is 2.39. The Labute approximate surface area is 190 Å². The molecule has 170 valence electrons. The van der Waals surface area contributed by atoms with Crippen molar-refractivity contribution in [1.29, 1.82) is 0 Å². The van der Waals surface area contributed by atoms with Gasteiger partial charge in [-0.3, -0.25) is 4.57 Å². The van der Waals surface area contributed by atoms with Crippen LogP contribution in [0, 0.1) is 5.92 Å². The standard InChI is InChI=1S/C24H25FN6O2/c1-13(17-11-15-4-3-5-20(27-15)22(17)25)18-8-9-19(30-29-18)16-7-6-14(10-21(16)32)23-26-12-31(2)24(33)28-23/h6-10,12,15,17,20,22,27,32H,1,3-5,11H2,2H3/t15?,17-,20?,22+/m0/s1. The molecule has 2 saturated heterocycles. The third-order valence-corrected chi connectivity index (χ3v) is 6.65. The van der Waals surface area contributed by atoms with Crippen LogP contribution in [0.25, 0.3) is 28.2 Å². The molecule has 0 saturated carbocycles. The lowest BCUT2D eigenvalue weighted by atomic mass is 9.75. The molecule has 2 aliphatic rings. The van der Waals surface area contributed by atoms with Crippen LogP contribution in [-0.4, -0.2) is 48.1 Å². The molecule has 2 unspecified atom stereocenters. The maximum Gasteiger partial charge on any atom is 0.350 e. The van der Waals surface area contributed by atoms with Crippen molar-refractivity contribution in [3.8, 4) is 28.4 Å². The number of fused-ring (bicyclic) bond motifs is 2. The molecule has 3 aromatic rings. The number of halogens is 1. The molecule has 2 aromatic heterocycles. The second kappa shape index (κ2) is 8.47. The Hall–Kier alpha value is -3.46. The first-order valence-corrected chi connectivity index (χ1v) is 11.1. The second-order valence-electron chi connectivity index (χ2n) is 8.82. The lowest BCUT2D eigenvalue weighted by Gasteiger charge is -2.43. The normalized spacial score (nSPS) is 24.4. The van der Waals surface area contributed by atoms with Crippen LogP contribution in [-0.2, 0) is 7.05 Å². The molecule has 2 aliphatic heterocycles. The van der Waals surface area contributed by atoms with Gasteiger partial charge in [-0.25, -0.2) is 14.2 Å². The van der Waals surface area contributed by atoms with Crippen molar-refractivity contribution in [2.24, 2.45) is 13.0 Å². The molecule has 9 heteroatoms. The van der Waals surface area contributed by atoms with Gasteiger partial charge in [0, 0.05) is 36.2 Å². The van der Waals surface area contributed by atoms with Crippen molar-refractivity contribution in [2.45, 2.75) is 43.9 Å². The number of nitrogens with zero attached hydrogens (tertiary/aromatic N) is 5. The summed E-state index contributed by atoms with van der Waals surface area (Å²) in [6, 6.07) is 8.60. The monoisotopic (exact) mass is 448 g/mol. The Balaban J connectivity index is 1.36. The van der Waals surface area contributed by atoms with E-state index in [9.17, 15) is 9.90 Å². The number of phenolic OH excluding ortho intramolecular Hbond substituents is 1. The second-order valence-corrected chi connectivity index (χ2v) is 8.82. The fourth-order valence-corrected chi connectivity index (χ4v) is 4.79. The Morgan fingerprint density at radius 3 is 2.82 bits per heavy atom. The van der Waals surface area contributed by atoms with Gasteiger partial charge < -0.3 is 10.4 Å². The van der Waals surface area contributed by atoms with E-state index in [1.54, 1.807) is 31.3 Å². The van der Waals surface area contributed by atoms with Crippen LogP contribution in [0.3, 0.4) is 0 Å². The van der Waals surface area contributed by atoms with Crippen molar-refractivity contribution < 1.29 is 9.50 Å². The zero-order valence-corrected chi connectivity index (χ0v) is 18.3. The first kappa shape index (κ1) is 21.4. The first-order chi connectivity index (χ1) is 15.9. The van der Waals surface area contributed by atoms with Crippen LogP contribution >= 0.6 is 0 Å². The maximum absolute atomic E-state index is 15.0. The average molecular weight is 449 g/mol. The fraction of sp³-hybridized carbons (Fsp3) is 0.375. The van der Waals surface area contributed by atoms with E-state index >= 15 is 4.39 Å². The average Bonchev–Trinajstić information content (AvgIpc) is 2.83. The minimum atomic E-state index is -0.982. The Morgan fingerprint density at radius 1 is 1.24 bits per heavy atom. The van der Waals surface area contributed by atoms with Gasteiger partial charge in [-0.15, -0.1) is 5.10 Å². The first-order valence-electron chi connectivity index (χ1n) is 11.1. The number of allylic oxidation sites excluding steroid dienone is 1. The van der Waals surface area contributed by atoms with E-state index in [2.05, 4.69) is 32.1 Å². The number of phenols is 1. The molecular formula is C24H25FN6O2. The number of benzene rings is 1. The molecule has 0 radical (unpaired) electrons. The summed E-state index contributed by atoms with van der Waals surface area (Å²) in [6.45, 7) is 4.14. The predicted molar refractivity (Wildman–Crippen MR) is 122 cm³/mol. The number of rotatable bonds is 4. The van der Waals surface area contributed by atoms with Gasteiger partial charge in [0.1, 0.15) is 18.2 Å².